The van der Waals surface area contributed by atoms with Crippen LogP contribution in [0.2, 0.25) is 0 Å². The highest BCUT2D eigenvalue weighted by Crippen LogP contribution is 2.31. The number of esters is 1. The maximum absolute atomic E-state index is 13.3. The zero-order chi connectivity index (χ0) is 14.9. The average molecular weight is 294 g/mol. The fraction of sp³-hybridized carbons (Fsp3) is 0.462. The lowest BCUT2D eigenvalue weighted by Crippen LogP contribution is -2.24. The summed E-state index contributed by atoms with van der Waals surface area (Å²) in [4.78, 5) is 11.7. The third-order valence-corrected chi connectivity index (χ3v) is 3.31. The highest BCUT2D eigenvalue weighted by Gasteiger charge is 2.31. The number of carbonyl (C=O) groups is 1. The third kappa shape index (κ3) is 2.62. The standard InChI is InChI=1S/C13H11F5O2/c14-7-8(15)10(17)12(11(18)9(7)16)20-13(19)6-4-2-1-3-5-6/h6H,1-5H2. The quantitative estimate of drug-likeness (QED) is 0.272. The first kappa shape index (κ1) is 14.7. The van der Waals surface area contributed by atoms with Crippen molar-refractivity contribution in [3.05, 3.63) is 29.1 Å². The van der Waals surface area contributed by atoms with Gasteiger partial charge in [-0.25, -0.2) is 13.2 Å². The van der Waals surface area contributed by atoms with Gasteiger partial charge in [-0.2, -0.15) is 8.78 Å². The molecule has 20 heavy (non-hydrogen) atoms. The van der Waals surface area contributed by atoms with Crippen LogP contribution in [0.3, 0.4) is 0 Å². The molecule has 1 aromatic rings. The summed E-state index contributed by atoms with van der Waals surface area (Å²) in [6.07, 6.45) is 3.42. The van der Waals surface area contributed by atoms with Crippen LogP contribution in [0.15, 0.2) is 0 Å². The van der Waals surface area contributed by atoms with Crippen LogP contribution >= 0.6 is 0 Å². The van der Waals surface area contributed by atoms with Crippen molar-refractivity contribution in [3.63, 3.8) is 0 Å². The molecule has 2 rings (SSSR count). The maximum Gasteiger partial charge on any atom is 0.314 e. The molecule has 1 aromatic carbocycles. The predicted molar refractivity (Wildman–Crippen MR) is 58.4 cm³/mol. The lowest BCUT2D eigenvalue weighted by molar-refractivity contribution is -0.140. The normalized spacial score (nSPS) is 16.2. The van der Waals surface area contributed by atoms with Gasteiger partial charge in [0.05, 0.1) is 5.92 Å². The van der Waals surface area contributed by atoms with Crippen molar-refractivity contribution < 1.29 is 31.5 Å². The van der Waals surface area contributed by atoms with Gasteiger partial charge in [-0.05, 0) is 12.8 Å². The minimum Gasteiger partial charge on any atom is -0.420 e. The summed E-state index contributed by atoms with van der Waals surface area (Å²) < 4.78 is 69.8. The van der Waals surface area contributed by atoms with Gasteiger partial charge in [0, 0.05) is 0 Å². The Morgan fingerprint density at radius 2 is 1.25 bits per heavy atom. The highest BCUT2D eigenvalue weighted by molar-refractivity contribution is 5.75. The van der Waals surface area contributed by atoms with Crippen molar-refractivity contribution in [2.24, 2.45) is 5.92 Å². The summed E-state index contributed by atoms with van der Waals surface area (Å²) in [6, 6.07) is 0. The molecule has 0 saturated heterocycles. The number of hydrogen-bond acceptors (Lipinski definition) is 2. The molecule has 1 aliphatic carbocycles. The number of benzene rings is 1. The molecule has 0 amide bonds. The predicted octanol–water partition coefficient (Wildman–Crippen LogP) is 3.87. The van der Waals surface area contributed by atoms with E-state index in [1.165, 1.54) is 0 Å². The van der Waals surface area contributed by atoms with Crippen LogP contribution in [0.4, 0.5) is 22.0 Å². The van der Waals surface area contributed by atoms with E-state index in [4.69, 9.17) is 0 Å². The van der Waals surface area contributed by atoms with Gasteiger partial charge in [0.1, 0.15) is 0 Å². The number of carbonyl (C=O) groups excluding carboxylic acids is 1. The van der Waals surface area contributed by atoms with Crippen LogP contribution in [-0.4, -0.2) is 5.97 Å². The van der Waals surface area contributed by atoms with Gasteiger partial charge in [0.15, 0.2) is 0 Å². The Hall–Kier alpha value is -1.66. The van der Waals surface area contributed by atoms with E-state index >= 15 is 0 Å². The molecule has 0 bridgehead atoms. The molecule has 0 unspecified atom stereocenters. The lowest BCUT2D eigenvalue weighted by atomic mass is 9.89. The van der Waals surface area contributed by atoms with E-state index < -0.39 is 46.7 Å². The van der Waals surface area contributed by atoms with Crippen molar-refractivity contribution in [1.29, 1.82) is 0 Å². The first-order valence-corrected chi connectivity index (χ1v) is 6.16. The van der Waals surface area contributed by atoms with E-state index in [2.05, 4.69) is 4.74 Å². The summed E-state index contributed by atoms with van der Waals surface area (Å²) in [5.41, 5.74) is 0. The monoisotopic (exact) mass is 294 g/mol. The van der Waals surface area contributed by atoms with Crippen molar-refractivity contribution in [1.82, 2.24) is 0 Å². The number of rotatable bonds is 2. The zero-order valence-electron chi connectivity index (χ0n) is 10.3. The summed E-state index contributed by atoms with van der Waals surface area (Å²) in [7, 11) is 0. The summed E-state index contributed by atoms with van der Waals surface area (Å²) in [5, 5.41) is 0. The van der Waals surface area contributed by atoms with E-state index in [0.717, 1.165) is 19.3 Å². The van der Waals surface area contributed by atoms with Crippen molar-refractivity contribution >= 4 is 5.97 Å². The average Bonchev–Trinajstić information content (AvgIpc) is 2.48. The van der Waals surface area contributed by atoms with Crippen LogP contribution < -0.4 is 4.74 Å². The molecule has 0 radical (unpaired) electrons. The molecule has 110 valence electrons. The maximum atomic E-state index is 13.3. The number of ether oxygens (including phenoxy) is 1. The molecule has 1 saturated carbocycles. The molecule has 7 heteroatoms. The molecule has 0 aliphatic heterocycles. The van der Waals surface area contributed by atoms with E-state index in [9.17, 15) is 26.7 Å². The molecule has 0 spiro atoms. The summed E-state index contributed by atoms with van der Waals surface area (Å²) in [6.45, 7) is 0. The lowest BCUT2D eigenvalue weighted by Gasteiger charge is -2.20. The Morgan fingerprint density at radius 3 is 1.75 bits per heavy atom. The summed E-state index contributed by atoms with van der Waals surface area (Å²) >= 11 is 0. The summed E-state index contributed by atoms with van der Waals surface area (Å²) in [5.74, 6) is -13.9. The van der Waals surface area contributed by atoms with E-state index in [-0.39, 0.29) is 0 Å². The fourth-order valence-electron chi connectivity index (χ4n) is 2.20. The Bertz CT molecular complexity index is 509. The zero-order valence-corrected chi connectivity index (χ0v) is 10.3. The minimum absolute atomic E-state index is 0.480. The highest BCUT2D eigenvalue weighted by atomic mass is 19.2. The molecule has 2 nitrogen and oxygen atoms in total. The second-order valence-electron chi connectivity index (χ2n) is 4.66. The number of hydrogen-bond donors (Lipinski definition) is 0. The van der Waals surface area contributed by atoms with E-state index in [1.54, 1.807) is 0 Å². The molecule has 1 aliphatic rings. The SMILES string of the molecule is O=C(Oc1c(F)c(F)c(F)c(F)c1F)C1CCCCC1. The fourth-order valence-corrected chi connectivity index (χ4v) is 2.20. The largest absolute Gasteiger partial charge is 0.420 e. The van der Waals surface area contributed by atoms with Gasteiger partial charge in [-0.3, -0.25) is 4.79 Å². The van der Waals surface area contributed by atoms with Gasteiger partial charge in [0.2, 0.25) is 34.8 Å². The molecule has 0 atom stereocenters. The minimum atomic E-state index is -2.28. The van der Waals surface area contributed by atoms with E-state index in [0.29, 0.717) is 12.8 Å². The molecule has 1 fully saturated rings. The van der Waals surface area contributed by atoms with Crippen LogP contribution in [0.1, 0.15) is 32.1 Å². The Balaban J connectivity index is 2.27. The van der Waals surface area contributed by atoms with Crippen molar-refractivity contribution in [3.8, 4) is 5.75 Å². The van der Waals surface area contributed by atoms with Gasteiger partial charge in [0.25, 0.3) is 0 Å². The Morgan fingerprint density at radius 1 is 0.800 bits per heavy atom. The van der Waals surface area contributed by atoms with Crippen LogP contribution in [0.25, 0.3) is 0 Å². The molecule has 0 N–H and O–H groups in total. The second kappa shape index (κ2) is 5.76. The van der Waals surface area contributed by atoms with Crippen molar-refractivity contribution in [2.75, 3.05) is 0 Å². The van der Waals surface area contributed by atoms with Crippen LogP contribution in [-0.2, 0) is 4.79 Å². The van der Waals surface area contributed by atoms with E-state index in [1.807, 2.05) is 0 Å². The molecule has 0 heterocycles. The van der Waals surface area contributed by atoms with Crippen LogP contribution in [0.5, 0.6) is 5.75 Å². The van der Waals surface area contributed by atoms with Gasteiger partial charge in [-0.1, -0.05) is 19.3 Å². The Labute approximate surface area is 111 Å². The smallest absolute Gasteiger partial charge is 0.314 e. The first-order chi connectivity index (χ1) is 9.43. The number of halogens is 5. The first-order valence-electron chi connectivity index (χ1n) is 6.16. The van der Waals surface area contributed by atoms with Gasteiger partial charge >= 0.3 is 5.97 Å². The topological polar surface area (TPSA) is 26.3 Å². The molecule has 0 aromatic heterocycles. The molecular weight excluding hydrogens is 283 g/mol. The third-order valence-electron chi connectivity index (χ3n) is 3.31. The second-order valence-corrected chi connectivity index (χ2v) is 4.66. The van der Waals surface area contributed by atoms with Crippen LogP contribution in [0, 0.1) is 35.0 Å². The Kier molecular flexibility index (Phi) is 4.25. The van der Waals surface area contributed by atoms with Crippen molar-refractivity contribution in [2.45, 2.75) is 32.1 Å². The van der Waals surface area contributed by atoms with Gasteiger partial charge < -0.3 is 4.74 Å². The molecular formula is C13H11F5O2. The van der Waals surface area contributed by atoms with Gasteiger partial charge in [-0.15, -0.1) is 0 Å².